The smallest absolute Gasteiger partial charge is 0.250 e. The Hall–Kier alpha value is -1.69. The maximum atomic E-state index is 12.9. The molecule has 6 heteroatoms. The van der Waals surface area contributed by atoms with Gasteiger partial charge in [0.1, 0.15) is 6.04 Å². The summed E-state index contributed by atoms with van der Waals surface area (Å²) in [4.78, 5) is 14.8. The van der Waals surface area contributed by atoms with E-state index < -0.39 is 0 Å². The first-order chi connectivity index (χ1) is 11.2. The van der Waals surface area contributed by atoms with Gasteiger partial charge < -0.3 is 14.1 Å². The fourth-order valence-corrected chi connectivity index (χ4v) is 3.06. The molecule has 0 aromatic carbocycles. The molecule has 0 spiro atoms. The van der Waals surface area contributed by atoms with E-state index in [1.54, 1.807) is 0 Å². The average Bonchev–Trinajstić information content (AvgIpc) is 2.90. The third-order valence-corrected chi connectivity index (χ3v) is 4.44. The van der Waals surface area contributed by atoms with Crippen LogP contribution < -0.4 is 0 Å². The molecular formula is C17H25N3O3. The predicted octanol–water partition coefficient (Wildman–Crippen LogP) is 2.98. The average molecular weight is 319 g/mol. The summed E-state index contributed by atoms with van der Waals surface area (Å²) in [6.07, 6.45) is 7.42. The molecule has 2 heterocycles. The summed E-state index contributed by atoms with van der Waals surface area (Å²) in [5, 5.41) is 8.23. The Kier molecular flexibility index (Phi) is 5.10. The lowest BCUT2D eigenvalue weighted by molar-refractivity contribution is -0.137. The van der Waals surface area contributed by atoms with Crippen LogP contribution in [0.5, 0.6) is 0 Å². The number of hydrogen-bond acceptors (Lipinski definition) is 5. The molecule has 0 saturated carbocycles. The van der Waals surface area contributed by atoms with Crippen molar-refractivity contribution in [1.82, 2.24) is 15.1 Å². The molecule has 6 nitrogen and oxygen atoms in total. The van der Waals surface area contributed by atoms with Crippen molar-refractivity contribution in [3.05, 3.63) is 23.4 Å². The van der Waals surface area contributed by atoms with Crippen LogP contribution >= 0.6 is 0 Å². The van der Waals surface area contributed by atoms with Crippen molar-refractivity contribution in [2.75, 3.05) is 19.8 Å². The standard InChI is InChI=1S/C17H25N3O3/c1-12(2)15-18-19-16(23-15)14-11-22-10-9-20(14)17(21)13-7-5-3-4-6-8-13/h7,12,14H,3-6,8-11H2,1-2H3/t14-/m1/s1. The van der Waals surface area contributed by atoms with Crippen LogP contribution in [0.2, 0.25) is 0 Å². The van der Waals surface area contributed by atoms with Gasteiger partial charge in [-0.3, -0.25) is 4.79 Å². The number of aromatic nitrogens is 2. The normalized spacial score (nSPS) is 22.8. The van der Waals surface area contributed by atoms with Crippen molar-refractivity contribution >= 4 is 5.91 Å². The van der Waals surface area contributed by atoms with E-state index in [0.717, 1.165) is 24.8 Å². The summed E-state index contributed by atoms with van der Waals surface area (Å²) in [5.41, 5.74) is 0.929. The first-order valence-electron chi connectivity index (χ1n) is 8.58. The summed E-state index contributed by atoms with van der Waals surface area (Å²) < 4.78 is 11.3. The summed E-state index contributed by atoms with van der Waals surface area (Å²) >= 11 is 0. The van der Waals surface area contributed by atoms with Gasteiger partial charge in [0, 0.05) is 18.0 Å². The zero-order chi connectivity index (χ0) is 16.2. The number of nitrogens with zero attached hydrogens (tertiary/aromatic N) is 3. The van der Waals surface area contributed by atoms with Crippen LogP contribution in [-0.2, 0) is 9.53 Å². The zero-order valence-corrected chi connectivity index (χ0v) is 14.0. The number of hydrogen-bond donors (Lipinski definition) is 0. The highest BCUT2D eigenvalue weighted by molar-refractivity contribution is 5.93. The highest BCUT2D eigenvalue weighted by Crippen LogP contribution is 2.28. The number of carbonyl (C=O) groups is 1. The second-order valence-electron chi connectivity index (χ2n) is 6.55. The van der Waals surface area contributed by atoms with E-state index in [2.05, 4.69) is 16.3 Å². The first kappa shape index (κ1) is 16.2. The van der Waals surface area contributed by atoms with Crippen LogP contribution in [0, 0.1) is 0 Å². The van der Waals surface area contributed by atoms with E-state index in [4.69, 9.17) is 9.15 Å². The Labute approximate surface area is 136 Å². The molecule has 1 atom stereocenters. The number of allylic oxidation sites excluding steroid dienone is 1. The van der Waals surface area contributed by atoms with Crippen molar-refractivity contribution in [3.8, 4) is 0 Å². The fraction of sp³-hybridized carbons (Fsp3) is 0.706. The lowest BCUT2D eigenvalue weighted by Crippen LogP contribution is -2.44. The Morgan fingerprint density at radius 1 is 1.30 bits per heavy atom. The molecule has 1 aromatic heterocycles. The van der Waals surface area contributed by atoms with Crippen LogP contribution in [-0.4, -0.2) is 40.8 Å². The quantitative estimate of drug-likeness (QED) is 0.856. The van der Waals surface area contributed by atoms with Crippen LogP contribution in [0.4, 0.5) is 0 Å². The molecule has 1 saturated heterocycles. The second-order valence-corrected chi connectivity index (χ2v) is 6.55. The van der Waals surface area contributed by atoms with Crippen LogP contribution in [0.25, 0.3) is 0 Å². The first-order valence-corrected chi connectivity index (χ1v) is 8.58. The van der Waals surface area contributed by atoms with E-state index >= 15 is 0 Å². The maximum Gasteiger partial charge on any atom is 0.250 e. The predicted molar refractivity (Wildman–Crippen MR) is 84.8 cm³/mol. The van der Waals surface area contributed by atoms with E-state index in [1.807, 2.05) is 18.7 Å². The number of amides is 1. The largest absolute Gasteiger partial charge is 0.423 e. The Bertz CT molecular complexity index is 579. The topological polar surface area (TPSA) is 68.5 Å². The third kappa shape index (κ3) is 3.63. The summed E-state index contributed by atoms with van der Waals surface area (Å²) in [7, 11) is 0. The molecular weight excluding hydrogens is 294 g/mol. The number of carbonyl (C=O) groups excluding carboxylic acids is 1. The van der Waals surface area contributed by atoms with Gasteiger partial charge in [-0.05, 0) is 25.7 Å². The van der Waals surface area contributed by atoms with Gasteiger partial charge in [-0.2, -0.15) is 0 Å². The van der Waals surface area contributed by atoms with Crippen LogP contribution in [0.3, 0.4) is 0 Å². The number of ether oxygens (including phenoxy) is 1. The number of morpholine rings is 1. The molecule has 3 rings (SSSR count). The Morgan fingerprint density at radius 3 is 2.96 bits per heavy atom. The van der Waals surface area contributed by atoms with Gasteiger partial charge >= 0.3 is 0 Å². The van der Waals surface area contributed by atoms with Gasteiger partial charge in [0.25, 0.3) is 0 Å². The van der Waals surface area contributed by atoms with Crippen molar-refractivity contribution in [2.45, 2.75) is 57.9 Å². The lowest BCUT2D eigenvalue weighted by Gasteiger charge is -2.34. The van der Waals surface area contributed by atoms with Crippen molar-refractivity contribution in [2.24, 2.45) is 0 Å². The van der Waals surface area contributed by atoms with Gasteiger partial charge in [0.2, 0.25) is 17.7 Å². The molecule has 1 aromatic rings. The van der Waals surface area contributed by atoms with Crippen LogP contribution in [0.15, 0.2) is 16.1 Å². The Balaban J connectivity index is 1.80. The number of rotatable bonds is 3. The second kappa shape index (κ2) is 7.25. The molecule has 0 radical (unpaired) electrons. The molecule has 0 unspecified atom stereocenters. The van der Waals surface area contributed by atoms with Gasteiger partial charge in [0.05, 0.1) is 13.2 Å². The van der Waals surface area contributed by atoms with E-state index in [9.17, 15) is 4.79 Å². The third-order valence-electron chi connectivity index (χ3n) is 4.44. The molecule has 1 aliphatic heterocycles. The van der Waals surface area contributed by atoms with Gasteiger partial charge in [-0.25, -0.2) is 0 Å². The molecule has 23 heavy (non-hydrogen) atoms. The van der Waals surface area contributed by atoms with Gasteiger partial charge in [-0.1, -0.05) is 26.3 Å². The molecule has 0 N–H and O–H groups in total. The fourth-order valence-electron chi connectivity index (χ4n) is 3.06. The summed E-state index contributed by atoms with van der Waals surface area (Å²) in [6.45, 7) is 5.56. The molecule has 2 aliphatic rings. The van der Waals surface area contributed by atoms with Crippen molar-refractivity contribution < 1.29 is 13.9 Å². The van der Waals surface area contributed by atoms with E-state index in [0.29, 0.717) is 31.5 Å². The summed E-state index contributed by atoms with van der Waals surface area (Å²) in [5.74, 6) is 1.36. The molecule has 1 aliphatic carbocycles. The highest BCUT2D eigenvalue weighted by Gasteiger charge is 2.34. The van der Waals surface area contributed by atoms with E-state index in [1.165, 1.54) is 12.8 Å². The van der Waals surface area contributed by atoms with E-state index in [-0.39, 0.29) is 17.9 Å². The molecule has 0 bridgehead atoms. The van der Waals surface area contributed by atoms with Gasteiger partial charge in [-0.15, -0.1) is 10.2 Å². The lowest BCUT2D eigenvalue weighted by atomic mass is 10.1. The SMILES string of the molecule is CC(C)c1nnc([C@H]2COCCN2C(=O)C2=CCCCCC2)o1. The summed E-state index contributed by atoms with van der Waals surface area (Å²) in [6, 6.07) is -0.277. The van der Waals surface area contributed by atoms with Gasteiger partial charge in [0.15, 0.2) is 0 Å². The minimum Gasteiger partial charge on any atom is -0.423 e. The minimum atomic E-state index is -0.277. The highest BCUT2D eigenvalue weighted by atomic mass is 16.5. The molecule has 1 amide bonds. The monoisotopic (exact) mass is 319 g/mol. The maximum absolute atomic E-state index is 12.9. The molecule has 1 fully saturated rings. The van der Waals surface area contributed by atoms with Crippen molar-refractivity contribution in [3.63, 3.8) is 0 Å². The minimum absolute atomic E-state index is 0.101. The molecule has 126 valence electrons. The Morgan fingerprint density at radius 2 is 2.17 bits per heavy atom. The van der Waals surface area contributed by atoms with Crippen LogP contribution in [0.1, 0.15) is 69.7 Å². The zero-order valence-electron chi connectivity index (χ0n) is 14.0. The van der Waals surface area contributed by atoms with Crippen molar-refractivity contribution in [1.29, 1.82) is 0 Å².